The molecule has 0 radical (unpaired) electrons. The minimum absolute atomic E-state index is 0.0127. The predicted octanol–water partition coefficient (Wildman–Crippen LogP) is 3.55. The van der Waals surface area contributed by atoms with Gasteiger partial charge in [0.2, 0.25) is 11.8 Å². The molecule has 5 nitrogen and oxygen atoms in total. The average molecular weight is 389 g/mol. The van der Waals surface area contributed by atoms with Crippen LogP contribution < -0.4 is 0 Å². The maximum Gasteiger partial charge on any atom is 0.249 e. The zero-order chi connectivity index (χ0) is 19.6. The molecule has 0 saturated carbocycles. The number of thiophene rings is 1. The molecule has 1 aromatic heterocycles. The fourth-order valence-electron chi connectivity index (χ4n) is 2.79. The van der Waals surface area contributed by atoms with Gasteiger partial charge < -0.3 is 14.5 Å². The number of methoxy groups -OCH3 is 1. The summed E-state index contributed by atoms with van der Waals surface area (Å²) in [6.45, 7) is 5.08. The topological polar surface area (TPSA) is 49.9 Å². The average Bonchev–Trinajstić information content (AvgIpc) is 3.19. The lowest BCUT2D eigenvalue weighted by atomic mass is 10.2. The Bertz CT molecular complexity index is 703. The van der Waals surface area contributed by atoms with Crippen LogP contribution in [-0.4, -0.2) is 47.9 Å². The number of hydrogen-bond donors (Lipinski definition) is 0. The fourth-order valence-corrected chi connectivity index (χ4v) is 3.51. The van der Waals surface area contributed by atoms with Gasteiger partial charge in [0.05, 0.1) is 6.54 Å². The van der Waals surface area contributed by atoms with Crippen LogP contribution in [0.15, 0.2) is 47.8 Å². The first-order valence-corrected chi connectivity index (χ1v) is 10.1. The molecule has 0 bridgehead atoms. The molecule has 2 amide bonds. The number of hydrogen-bond acceptors (Lipinski definition) is 4. The summed E-state index contributed by atoms with van der Waals surface area (Å²) in [7, 11) is 1.49. The number of carbonyl (C=O) groups excluding carboxylic acids is 2. The van der Waals surface area contributed by atoms with Crippen LogP contribution in [-0.2, 0) is 27.4 Å². The molecule has 0 aliphatic rings. The molecule has 0 fully saturated rings. The van der Waals surface area contributed by atoms with E-state index in [4.69, 9.17) is 4.74 Å². The molecule has 6 heteroatoms. The molecule has 27 heavy (non-hydrogen) atoms. The molecule has 1 unspecified atom stereocenters. The van der Waals surface area contributed by atoms with Crippen molar-refractivity contribution in [3.63, 3.8) is 0 Å². The largest absolute Gasteiger partial charge is 0.375 e. The van der Waals surface area contributed by atoms with E-state index in [-0.39, 0.29) is 31.0 Å². The third-order valence-electron chi connectivity index (χ3n) is 4.51. The zero-order valence-corrected chi connectivity index (χ0v) is 17.1. The molecule has 0 N–H and O–H groups in total. The van der Waals surface area contributed by atoms with Crippen molar-refractivity contribution in [2.75, 3.05) is 20.3 Å². The number of amides is 2. The van der Waals surface area contributed by atoms with Gasteiger partial charge in [0.15, 0.2) is 0 Å². The van der Waals surface area contributed by atoms with Crippen LogP contribution in [0.4, 0.5) is 0 Å². The summed E-state index contributed by atoms with van der Waals surface area (Å²) < 4.78 is 4.99. The second-order valence-corrected chi connectivity index (χ2v) is 7.56. The summed E-state index contributed by atoms with van der Waals surface area (Å²) in [5.41, 5.74) is 1.07. The van der Waals surface area contributed by atoms with Crippen molar-refractivity contribution >= 4 is 23.2 Å². The lowest BCUT2D eigenvalue weighted by molar-refractivity contribution is -0.145. The number of nitrogens with zero attached hydrogens (tertiary/aromatic N) is 2. The van der Waals surface area contributed by atoms with Crippen molar-refractivity contribution in [3.05, 3.63) is 58.3 Å². The van der Waals surface area contributed by atoms with Crippen LogP contribution in [0.3, 0.4) is 0 Å². The van der Waals surface area contributed by atoms with Crippen LogP contribution in [0.2, 0.25) is 0 Å². The predicted molar refractivity (Wildman–Crippen MR) is 108 cm³/mol. The highest BCUT2D eigenvalue weighted by molar-refractivity contribution is 7.09. The van der Waals surface area contributed by atoms with Crippen LogP contribution in [0.1, 0.15) is 30.7 Å². The first kappa shape index (κ1) is 21.1. The number of ether oxygens (including phenoxy) is 1. The SMILES string of the molecule is CCC(C)N(CC(=O)N(Cc1ccccc1)Cc1cccs1)C(=O)COC. The maximum absolute atomic E-state index is 13.1. The zero-order valence-electron chi connectivity index (χ0n) is 16.3. The second kappa shape index (κ2) is 10.8. The number of benzene rings is 1. The smallest absolute Gasteiger partial charge is 0.249 e. The van der Waals surface area contributed by atoms with Crippen LogP contribution in [0, 0.1) is 0 Å². The van der Waals surface area contributed by atoms with E-state index in [1.165, 1.54) is 7.11 Å². The van der Waals surface area contributed by atoms with Crippen molar-refractivity contribution in [3.8, 4) is 0 Å². The Hall–Kier alpha value is -2.18. The Morgan fingerprint density at radius 2 is 1.81 bits per heavy atom. The van der Waals surface area contributed by atoms with E-state index < -0.39 is 0 Å². The molecule has 1 heterocycles. The molecule has 0 spiro atoms. The normalized spacial score (nSPS) is 11.8. The Labute approximate surface area is 165 Å². The summed E-state index contributed by atoms with van der Waals surface area (Å²) in [4.78, 5) is 30.1. The molecule has 1 atom stereocenters. The highest BCUT2D eigenvalue weighted by Crippen LogP contribution is 2.16. The van der Waals surface area contributed by atoms with Crippen molar-refractivity contribution in [2.24, 2.45) is 0 Å². The first-order chi connectivity index (χ1) is 13.0. The monoisotopic (exact) mass is 388 g/mol. The highest BCUT2D eigenvalue weighted by Gasteiger charge is 2.25. The van der Waals surface area contributed by atoms with Gasteiger partial charge in [0.25, 0.3) is 0 Å². The van der Waals surface area contributed by atoms with Gasteiger partial charge in [-0.25, -0.2) is 0 Å². The third kappa shape index (κ3) is 6.48. The minimum atomic E-state index is -0.156. The highest BCUT2D eigenvalue weighted by atomic mass is 32.1. The quantitative estimate of drug-likeness (QED) is 0.625. The van der Waals surface area contributed by atoms with Crippen LogP contribution in [0.25, 0.3) is 0 Å². The van der Waals surface area contributed by atoms with Gasteiger partial charge in [-0.2, -0.15) is 0 Å². The molecular formula is C21H28N2O3S. The molecular weight excluding hydrogens is 360 g/mol. The van der Waals surface area contributed by atoms with Crippen molar-refractivity contribution in [2.45, 2.75) is 39.4 Å². The Kier molecular flexibility index (Phi) is 8.48. The Morgan fingerprint density at radius 1 is 1.07 bits per heavy atom. The van der Waals surface area contributed by atoms with E-state index in [9.17, 15) is 9.59 Å². The standard InChI is InChI=1S/C21H28N2O3S/c1-4-17(2)23(21(25)16-26-3)15-20(24)22(14-19-11-8-12-27-19)13-18-9-6-5-7-10-18/h5-12,17H,4,13-16H2,1-3H3. The van der Waals surface area contributed by atoms with Crippen LogP contribution >= 0.6 is 11.3 Å². The van der Waals surface area contributed by atoms with Crippen molar-refractivity contribution in [1.29, 1.82) is 0 Å². The Balaban J connectivity index is 2.16. The molecule has 2 rings (SSSR count). The van der Waals surface area contributed by atoms with E-state index in [0.717, 1.165) is 16.9 Å². The molecule has 0 saturated heterocycles. The third-order valence-corrected chi connectivity index (χ3v) is 5.37. The van der Waals surface area contributed by atoms with E-state index in [1.807, 2.05) is 66.6 Å². The van der Waals surface area contributed by atoms with Gasteiger partial charge in [-0.05, 0) is 30.4 Å². The molecule has 0 aliphatic carbocycles. The maximum atomic E-state index is 13.1. The molecule has 146 valence electrons. The van der Waals surface area contributed by atoms with E-state index >= 15 is 0 Å². The van der Waals surface area contributed by atoms with Crippen LogP contribution in [0.5, 0.6) is 0 Å². The summed E-state index contributed by atoms with van der Waals surface area (Å²) in [6, 6.07) is 13.9. The van der Waals surface area contributed by atoms with E-state index in [1.54, 1.807) is 16.2 Å². The van der Waals surface area contributed by atoms with Crippen molar-refractivity contribution in [1.82, 2.24) is 9.80 Å². The van der Waals surface area contributed by atoms with E-state index in [0.29, 0.717) is 13.1 Å². The fraction of sp³-hybridized carbons (Fsp3) is 0.429. The molecule has 2 aromatic rings. The summed E-state index contributed by atoms with van der Waals surface area (Å²) in [5, 5.41) is 2.01. The number of carbonyl (C=O) groups is 2. The molecule has 0 aliphatic heterocycles. The summed E-state index contributed by atoms with van der Waals surface area (Å²) in [6.07, 6.45) is 0.784. The van der Waals surface area contributed by atoms with Gasteiger partial charge in [-0.3, -0.25) is 9.59 Å². The lowest BCUT2D eigenvalue weighted by Gasteiger charge is -2.31. The number of rotatable bonds is 10. The van der Waals surface area contributed by atoms with Gasteiger partial charge in [0.1, 0.15) is 13.2 Å². The molecule has 1 aromatic carbocycles. The Morgan fingerprint density at radius 3 is 2.41 bits per heavy atom. The van der Waals surface area contributed by atoms with Gasteiger partial charge in [-0.15, -0.1) is 11.3 Å². The summed E-state index contributed by atoms with van der Waals surface area (Å²) in [5.74, 6) is -0.215. The lowest BCUT2D eigenvalue weighted by Crippen LogP contribution is -2.47. The summed E-state index contributed by atoms with van der Waals surface area (Å²) >= 11 is 1.63. The second-order valence-electron chi connectivity index (χ2n) is 6.53. The van der Waals surface area contributed by atoms with Crippen molar-refractivity contribution < 1.29 is 14.3 Å². The van der Waals surface area contributed by atoms with E-state index in [2.05, 4.69) is 0 Å². The first-order valence-electron chi connectivity index (χ1n) is 9.17. The minimum Gasteiger partial charge on any atom is -0.375 e. The van der Waals surface area contributed by atoms with Gasteiger partial charge in [-0.1, -0.05) is 43.3 Å². The van der Waals surface area contributed by atoms with Gasteiger partial charge in [0, 0.05) is 24.6 Å². The van der Waals surface area contributed by atoms with Gasteiger partial charge >= 0.3 is 0 Å².